The molecule has 1 aromatic heterocycles. The topological polar surface area (TPSA) is 63.2 Å². The number of pyridine rings is 1. The molecule has 7 heteroatoms. The largest absolute Gasteiger partial charge is 0.371 e. The standard InChI is InChI=1S/C16H16ClN3O2.ClH/c17-12-3-6-14(19-9-12)16(21)20-13-4-1-11(2-5-13)15-10-18-7-8-22-15;/h1-6,9,15,18H,7-8,10H2,(H,20,21);1H/t15-;/m0./s1. The summed E-state index contributed by atoms with van der Waals surface area (Å²) in [4.78, 5) is 16.1. The number of carbonyl (C=O) groups excluding carboxylic acids is 1. The van der Waals surface area contributed by atoms with E-state index < -0.39 is 0 Å². The maximum Gasteiger partial charge on any atom is 0.274 e. The van der Waals surface area contributed by atoms with E-state index in [0.29, 0.717) is 23.0 Å². The number of amides is 1. The van der Waals surface area contributed by atoms with Crippen molar-refractivity contribution in [2.24, 2.45) is 0 Å². The fraction of sp³-hybridized carbons (Fsp3) is 0.250. The number of rotatable bonds is 3. The highest BCUT2D eigenvalue weighted by atomic mass is 35.5. The van der Waals surface area contributed by atoms with Gasteiger partial charge in [-0.15, -0.1) is 12.4 Å². The zero-order valence-corrected chi connectivity index (χ0v) is 13.9. The lowest BCUT2D eigenvalue weighted by atomic mass is 10.1. The van der Waals surface area contributed by atoms with Gasteiger partial charge in [-0.05, 0) is 29.8 Å². The van der Waals surface area contributed by atoms with Gasteiger partial charge >= 0.3 is 0 Å². The van der Waals surface area contributed by atoms with Gasteiger partial charge < -0.3 is 15.4 Å². The van der Waals surface area contributed by atoms with Crippen molar-refractivity contribution in [3.05, 3.63) is 58.9 Å². The summed E-state index contributed by atoms with van der Waals surface area (Å²) in [6.45, 7) is 2.41. The SMILES string of the molecule is Cl.O=C(Nc1ccc([C@@H]2CNCCO2)cc1)c1ccc(Cl)cn1. The number of nitrogens with one attached hydrogen (secondary N) is 2. The number of halogens is 2. The van der Waals surface area contributed by atoms with Crippen LogP contribution in [0.5, 0.6) is 0 Å². The van der Waals surface area contributed by atoms with E-state index in [2.05, 4.69) is 15.6 Å². The Morgan fingerprint density at radius 2 is 2.04 bits per heavy atom. The van der Waals surface area contributed by atoms with Gasteiger partial charge in [0.2, 0.25) is 0 Å². The third kappa shape index (κ3) is 4.65. The van der Waals surface area contributed by atoms with Gasteiger partial charge in [0.25, 0.3) is 5.91 Å². The molecular formula is C16H17Cl2N3O2. The van der Waals surface area contributed by atoms with Gasteiger partial charge in [-0.25, -0.2) is 4.98 Å². The molecule has 0 unspecified atom stereocenters. The Hall–Kier alpha value is -1.66. The Morgan fingerprint density at radius 3 is 2.65 bits per heavy atom. The lowest BCUT2D eigenvalue weighted by molar-refractivity contribution is 0.0277. The fourth-order valence-corrected chi connectivity index (χ4v) is 2.38. The molecule has 2 aromatic rings. The van der Waals surface area contributed by atoms with Gasteiger partial charge in [-0.3, -0.25) is 4.79 Å². The normalized spacial score (nSPS) is 17.2. The third-order valence-electron chi connectivity index (χ3n) is 3.43. The molecule has 1 atom stereocenters. The number of benzene rings is 1. The van der Waals surface area contributed by atoms with Gasteiger partial charge in [-0.1, -0.05) is 23.7 Å². The van der Waals surface area contributed by atoms with E-state index in [-0.39, 0.29) is 24.4 Å². The maximum absolute atomic E-state index is 12.1. The van der Waals surface area contributed by atoms with Crippen LogP contribution in [0, 0.1) is 0 Å². The minimum Gasteiger partial charge on any atom is -0.371 e. The quantitative estimate of drug-likeness (QED) is 0.889. The number of ether oxygens (including phenoxy) is 1. The Balaban J connectivity index is 0.00000192. The molecule has 122 valence electrons. The van der Waals surface area contributed by atoms with E-state index in [0.717, 1.165) is 18.7 Å². The molecule has 3 rings (SSSR count). The first-order valence-corrected chi connectivity index (χ1v) is 7.45. The van der Waals surface area contributed by atoms with Crippen LogP contribution in [0.2, 0.25) is 5.02 Å². The predicted molar refractivity (Wildman–Crippen MR) is 92.5 cm³/mol. The molecule has 0 spiro atoms. The van der Waals surface area contributed by atoms with Crippen molar-refractivity contribution in [2.45, 2.75) is 6.10 Å². The molecular weight excluding hydrogens is 337 g/mol. The molecule has 0 bridgehead atoms. The molecule has 5 nitrogen and oxygen atoms in total. The van der Waals surface area contributed by atoms with E-state index >= 15 is 0 Å². The van der Waals surface area contributed by atoms with Gasteiger partial charge in [0.05, 0.1) is 17.7 Å². The highest BCUT2D eigenvalue weighted by Crippen LogP contribution is 2.21. The lowest BCUT2D eigenvalue weighted by Crippen LogP contribution is -2.33. The average Bonchev–Trinajstić information content (AvgIpc) is 2.57. The second kappa shape index (κ2) is 8.26. The number of anilines is 1. The van der Waals surface area contributed by atoms with E-state index in [1.807, 2.05) is 24.3 Å². The zero-order chi connectivity index (χ0) is 15.4. The van der Waals surface area contributed by atoms with Crippen molar-refractivity contribution in [1.82, 2.24) is 10.3 Å². The molecule has 1 aliphatic heterocycles. The second-order valence-electron chi connectivity index (χ2n) is 5.00. The number of carbonyl (C=O) groups is 1. The lowest BCUT2D eigenvalue weighted by Gasteiger charge is -2.24. The molecule has 1 fully saturated rings. The summed E-state index contributed by atoms with van der Waals surface area (Å²) in [5.41, 5.74) is 2.14. The van der Waals surface area contributed by atoms with Crippen LogP contribution in [0.4, 0.5) is 5.69 Å². The van der Waals surface area contributed by atoms with Crippen molar-refractivity contribution in [3.8, 4) is 0 Å². The summed E-state index contributed by atoms with van der Waals surface area (Å²) >= 11 is 5.76. The Morgan fingerprint density at radius 1 is 1.26 bits per heavy atom. The number of morpholine rings is 1. The molecule has 0 saturated carbocycles. The average molecular weight is 354 g/mol. The molecule has 1 aliphatic rings. The third-order valence-corrected chi connectivity index (χ3v) is 3.65. The van der Waals surface area contributed by atoms with Gasteiger partial charge in [0.15, 0.2) is 0 Å². The minimum atomic E-state index is -0.264. The summed E-state index contributed by atoms with van der Waals surface area (Å²) in [6, 6.07) is 10.9. The summed E-state index contributed by atoms with van der Waals surface area (Å²) in [7, 11) is 0. The summed E-state index contributed by atoms with van der Waals surface area (Å²) in [5.74, 6) is -0.264. The smallest absolute Gasteiger partial charge is 0.274 e. The van der Waals surface area contributed by atoms with Crippen molar-refractivity contribution < 1.29 is 9.53 Å². The Kier molecular flexibility index (Phi) is 6.36. The number of nitrogens with zero attached hydrogens (tertiary/aromatic N) is 1. The van der Waals surface area contributed by atoms with Crippen LogP contribution >= 0.6 is 24.0 Å². The van der Waals surface area contributed by atoms with E-state index in [9.17, 15) is 4.79 Å². The van der Waals surface area contributed by atoms with Crippen molar-refractivity contribution in [3.63, 3.8) is 0 Å². The summed E-state index contributed by atoms with van der Waals surface area (Å²) in [6.07, 6.45) is 1.52. The molecule has 2 heterocycles. The van der Waals surface area contributed by atoms with E-state index in [4.69, 9.17) is 16.3 Å². The van der Waals surface area contributed by atoms with Crippen LogP contribution in [-0.4, -0.2) is 30.6 Å². The van der Waals surface area contributed by atoms with Crippen molar-refractivity contribution in [1.29, 1.82) is 0 Å². The molecule has 2 N–H and O–H groups in total. The first-order chi connectivity index (χ1) is 10.7. The predicted octanol–water partition coefficient (Wildman–Crippen LogP) is 3.07. The van der Waals surface area contributed by atoms with Crippen LogP contribution in [0.1, 0.15) is 22.2 Å². The monoisotopic (exact) mass is 353 g/mol. The second-order valence-corrected chi connectivity index (χ2v) is 5.44. The Labute approximate surface area is 145 Å². The molecule has 1 aromatic carbocycles. The molecule has 23 heavy (non-hydrogen) atoms. The Bertz CT molecular complexity index is 641. The first-order valence-electron chi connectivity index (χ1n) is 7.07. The number of aromatic nitrogens is 1. The van der Waals surface area contributed by atoms with Gasteiger partial charge in [0.1, 0.15) is 5.69 Å². The van der Waals surface area contributed by atoms with Crippen LogP contribution in [0.25, 0.3) is 0 Å². The number of hydrogen-bond acceptors (Lipinski definition) is 4. The van der Waals surface area contributed by atoms with E-state index in [1.54, 1.807) is 12.1 Å². The van der Waals surface area contributed by atoms with Gasteiger partial charge in [0, 0.05) is 25.0 Å². The molecule has 0 aliphatic carbocycles. The number of hydrogen-bond donors (Lipinski definition) is 2. The highest BCUT2D eigenvalue weighted by molar-refractivity contribution is 6.30. The molecule has 1 amide bonds. The first kappa shape index (κ1) is 17.7. The van der Waals surface area contributed by atoms with Gasteiger partial charge in [-0.2, -0.15) is 0 Å². The van der Waals surface area contributed by atoms with Crippen LogP contribution < -0.4 is 10.6 Å². The van der Waals surface area contributed by atoms with Crippen LogP contribution in [0.15, 0.2) is 42.6 Å². The highest BCUT2D eigenvalue weighted by Gasteiger charge is 2.15. The minimum absolute atomic E-state index is 0. The van der Waals surface area contributed by atoms with Crippen molar-refractivity contribution >= 4 is 35.6 Å². The fourth-order valence-electron chi connectivity index (χ4n) is 2.27. The van der Waals surface area contributed by atoms with E-state index in [1.165, 1.54) is 6.20 Å². The van der Waals surface area contributed by atoms with Crippen LogP contribution in [0.3, 0.4) is 0 Å². The summed E-state index contributed by atoms with van der Waals surface area (Å²) in [5, 5.41) is 6.60. The maximum atomic E-state index is 12.1. The molecule has 0 radical (unpaired) electrons. The zero-order valence-electron chi connectivity index (χ0n) is 12.3. The van der Waals surface area contributed by atoms with Crippen LogP contribution in [-0.2, 0) is 4.74 Å². The summed E-state index contributed by atoms with van der Waals surface area (Å²) < 4.78 is 5.69. The molecule has 1 saturated heterocycles. The van der Waals surface area contributed by atoms with Crippen molar-refractivity contribution in [2.75, 3.05) is 25.0 Å².